The fourth-order valence-corrected chi connectivity index (χ4v) is 2.07. The summed E-state index contributed by atoms with van der Waals surface area (Å²) >= 11 is 0. The Morgan fingerprint density at radius 1 is 1.05 bits per heavy atom. The topological polar surface area (TPSA) is 63.9 Å². The van der Waals surface area contributed by atoms with Gasteiger partial charge in [0.15, 0.2) is 11.6 Å². The van der Waals surface area contributed by atoms with Gasteiger partial charge in [-0.15, -0.1) is 0 Å². The van der Waals surface area contributed by atoms with Gasteiger partial charge in [0.05, 0.1) is 0 Å². The molecule has 3 aromatic rings. The molecule has 0 aliphatic heterocycles. The third kappa shape index (κ3) is 2.72. The minimum Gasteiger partial charge on any atom is -0.483 e. The zero-order valence-electron chi connectivity index (χ0n) is 11.2. The maximum absolute atomic E-state index is 13.9. The minimum atomic E-state index is -0.356. The highest BCUT2D eigenvalue weighted by Crippen LogP contribution is 2.34. The molecular formula is C16H14FN3O. The van der Waals surface area contributed by atoms with Gasteiger partial charge in [0, 0.05) is 5.56 Å². The summed E-state index contributed by atoms with van der Waals surface area (Å²) in [6.45, 7) is 0.339. The van der Waals surface area contributed by atoms with E-state index in [1.165, 1.54) is 6.07 Å². The molecule has 3 rings (SSSR count). The van der Waals surface area contributed by atoms with Crippen LogP contribution in [0.2, 0.25) is 0 Å². The largest absolute Gasteiger partial charge is 0.483 e. The molecule has 0 saturated heterocycles. The number of nitrogens with one attached hydrogen (secondary N) is 1. The fraction of sp³-hybridized carbons (Fsp3) is 0.0625. The number of hydrogen-bond donors (Lipinski definition) is 2. The van der Waals surface area contributed by atoms with E-state index < -0.39 is 0 Å². The number of anilines is 1. The smallest absolute Gasteiger partial charge is 0.189 e. The predicted octanol–water partition coefficient (Wildman–Crippen LogP) is 3.38. The molecule has 4 nitrogen and oxygen atoms in total. The molecule has 5 heteroatoms. The van der Waals surface area contributed by atoms with E-state index in [1.54, 1.807) is 18.2 Å². The van der Waals surface area contributed by atoms with Gasteiger partial charge in [0.2, 0.25) is 0 Å². The molecule has 0 amide bonds. The van der Waals surface area contributed by atoms with Crippen LogP contribution in [-0.2, 0) is 6.61 Å². The van der Waals surface area contributed by atoms with Crippen LogP contribution in [0.25, 0.3) is 11.3 Å². The van der Waals surface area contributed by atoms with Crippen molar-refractivity contribution >= 4 is 5.82 Å². The maximum atomic E-state index is 13.9. The second kappa shape index (κ2) is 5.66. The van der Waals surface area contributed by atoms with E-state index in [2.05, 4.69) is 10.2 Å². The van der Waals surface area contributed by atoms with E-state index >= 15 is 0 Å². The Labute approximate surface area is 121 Å². The van der Waals surface area contributed by atoms with Crippen LogP contribution < -0.4 is 10.5 Å². The molecule has 1 heterocycles. The van der Waals surface area contributed by atoms with Crippen LogP contribution >= 0.6 is 0 Å². The first-order valence-corrected chi connectivity index (χ1v) is 6.51. The highest BCUT2D eigenvalue weighted by atomic mass is 19.1. The first kappa shape index (κ1) is 13.2. The Hall–Kier alpha value is -2.82. The number of H-pyrrole nitrogens is 1. The SMILES string of the molecule is Nc1n[nH]c(-c2ccccc2F)c1OCc1ccccc1. The lowest BCUT2D eigenvalue weighted by molar-refractivity contribution is 0.309. The molecule has 0 spiro atoms. The number of nitrogens with zero attached hydrogens (tertiary/aromatic N) is 1. The van der Waals surface area contributed by atoms with Crippen LogP contribution in [-0.4, -0.2) is 10.2 Å². The lowest BCUT2D eigenvalue weighted by Gasteiger charge is -2.08. The van der Waals surface area contributed by atoms with E-state index in [0.717, 1.165) is 5.56 Å². The summed E-state index contributed by atoms with van der Waals surface area (Å²) in [5.41, 5.74) is 7.63. The van der Waals surface area contributed by atoms with Crippen molar-refractivity contribution in [3.05, 3.63) is 66.0 Å². The maximum Gasteiger partial charge on any atom is 0.189 e. The lowest BCUT2D eigenvalue weighted by atomic mass is 10.1. The molecular weight excluding hydrogens is 269 g/mol. The Morgan fingerprint density at radius 3 is 2.52 bits per heavy atom. The van der Waals surface area contributed by atoms with Crippen molar-refractivity contribution in [3.8, 4) is 17.0 Å². The van der Waals surface area contributed by atoms with E-state index in [1.807, 2.05) is 30.3 Å². The number of nitrogen functional groups attached to an aromatic ring is 1. The van der Waals surface area contributed by atoms with Gasteiger partial charge in [0.1, 0.15) is 18.1 Å². The van der Waals surface area contributed by atoms with Crippen LogP contribution in [0.5, 0.6) is 5.75 Å². The zero-order valence-corrected chi connectivity index (χ0v) is 11.2. The highest BCUT2D eigenvalue weighted by Gasteiger charge is 2.17. The van der Waals surface area contributed by atoms with E-state index in [0.29, 0.717) is 23.6 Å². The molecule has 0 radical (unpaired) electrons. The molecule has 21 heavy (non-hydrogen) atoms. The first-order valence-electron chi connectivity index (χ1n) is 6.51. The molecule has 0 aliphatic carbocycles. The average molecular weight is 283 g/mol. The quantitative estimate of drug-likeness (QED) is 0.771. The Balaban J connectivity index is 1.89. The second-order valence-electron chi connectivity index (χ2n) is 4.57. The number of rotatable bonds is 4. The van der Waals surface area contributed by atoms with Crippen LogP contribution in [0.1, 0.15) is 5.56 Å². The molecule has 0 fully saturated rings. The molecule has 0 saturated carbocycles. The van der Waals surface area contributed by atoms with Crippen LogP contribution in [0, 0.1) is 5.82 Å². The molecule has 2 aromatic carbocycles. The third-order valence-corrected chi connectivity index (χ3v) is 3.12. The van der Waals surface area contributed by atoms with Crippen molar-refractivity contribution < 1.29 is 9.13 Å². The lowest BCUT2D eigenvalue weighted by Crippen LogP contribution is -1.98. The molecule has 0 aliphatic rings. The Morgan fingerprint density at radius 2 is 1.76 bits per heavy atom. The Bertz CT molecular complexity index is 740. The van der Waals surface area contributed by atoms with E-state index in [-0.39, 0.29) is 11.6 Å². The van der Waals surface area contributed by atoms with Crippen molar-refractivity contribution in [1.82, 2.24) is 10.2 Å². The monoisotopic (exact) mass is 283 g/mol. The molecule has 0 unspecified atom stereocenters. The fourth-order valence-electron chi connectivity index (χ4n) is 2.07. The summed E-state index contributed by atoms with van der Waals surface area (Å²) in [7, 11) is 0. The second-order valence-corrected chi connectivity index (χ2v) is 4.57. The van der Waals surface area contributed by atoms with Crippen molar-refractivity contribution in [3.63, 3.8) is 0 Å². The summed E-state index contributed by atoms with van der Waals surface area (Å²) in [5.74, 6) is 0.221. The zero-order chi connectivity index (χ0) is 14.7. The number of benzene rings is 2. The highest BCUT2D eigenvalue weighted by molar-refractivity contribution is 5.72. The van der Waals surface area contributed by atoms with Gasteiger partial charge in [-0.3, -0.25) is 5.10 Å². The number of hydrogen-bond acceptors (Lipinski definition) is 3. The van der Waals surface area contributed by atoms with Gasteiger partial charge < -0.3 is 10.5 Å². The van der Waals surface area contributed by atoms with Crippen LogP contribution in [0.4, 0.5) is 10.2 Å². The Kier molecular flexibility index (Phi) is 3.55. The van der Waals surface area contributed by atoms with Crippen molar-refractivity contribution in [1.29, 1.82) is 0 Å². The molecule has 0 atom stereocenters. The van der Waals surface area contributed by atoms with Gasteiger partial charge in [-0.05, 0) is 17.7 Å². The molecule has 3 N–H and O–H groups in total. The molecule has 0 bridgehead atoms. The number of ether oxygens (including phenoxy) is 1. The summed E-state index contributed by atoms with van der Waals surface area (Å²) < 4.78 is 19.6. The molecule has 106 valence electrons. The third-order valence-electron chi connectivity index (χ3n) is 3.12. The minimum absolute atomic E-state index is 0.212. The van der Waals surface area contributed by atoms with Gasteiger partial charge >= 0.3 is 0 Å². The number of aromatic amines is 1. The predicted molar refractivity (Wildman–Crippen MR) is 79.2 cm³/mol. The van der Waals surface area contributed by atoms with Gasteiger partial charge in [-0.1, -0.05) is 42.5 Å². The van der Waals surface area contributed by atoms with E-state index in [4.69, 9.17) is 10.5 Å². The summed E-state index contributed by atoms with van der Waals surface area (Å²) in [5, 5.41) is 6.63. The standard InChI is InChI=1S/C16H14FN3O/c17-13-9-5-4-8-12(13)14-15(16(18)20-19-14)21-10-11-6-2-1-3-7-11/h1-9H,10H2,(H3,18,19,20). The van der Waals surface area contributed by atoms with Gasteiger partial charge in [-0.25, -0.2) is 4.39 Å². The van der Waals surface area contributed by atoms with E-state index in [9.17, 15) is 4.39 Å². The normalized spacial score (nSPS) is 10.5. The first-order chi connectivity index (χ1) is 10.3. The molecule has 1 aromatic heterocycles. The van der Waals surface area contributed by atoms with Crippen molar-refractivity contribution in [2.75, 3.05) is 5.73 Å². The van der Waals surface area contributed by atoms with Crippen molar-refractivity contribution in [2.45, 2.75) is 6.61 Å². The van der Waals surface area contributed by atoms with Gasteiger partial charge in [0.25, 0.3) is 0 Å². The summed E-state index contributed by atoms with van der Waals surface area (Å²) in [6, 6.07) is 16.1. The summed E-state index contributed by atoms with van der Waals surface area (Å²) in [4.78, 5) is 0. The van der Waals surface area contributed by atoms with Crippen LogP contribution in [0.15, 0.2) is 54.6 Å². The number of halogens is 1. The number of aromatic nitrogens is 2. The summed E-state index contributed by atoms with van der Waals surface area (Å²) in [6.07, 6.45) is 0. The average Bonchev–Trinajstić information content (AvgIpc) is 2.88. The number of nitrogens with two attached hydrogens (primary N) is 1. The van der Waals surface area contributed by atoms with Gasteiger partial charge in [-0.2, -0.15) is 5.10 Å². The van der Waals surface area contributed by atoms with Crippen molar-refractivity contribution in [2.24, 2.45) is 0 Å². The van der Waals surface area contributed by atoms with Crippen LogP contribution in [0.3, 0.4) is 0 Å².